The molecule has 0 aliphatic carbocycles. The second kappa shape index (κ2) is 10.0. The van der Waals surface area contributed by atoms with Crippen molar-refractivity contribution in [2.45, 2.75) is 47.7 Å². The molecule has 3 N–H and O–H groups in total. The maximum absolute atomic E-state index is 12.6. The van der Waals surface area contributed by atoms with Crippen molar-refractivity contribution >= 4 is 35.8 Å². The third kappa shape index (κ3) is 7.54. The van der Waals surface area contributed by atoms with Crippen molar-refractivity contribution in [3.63, 3.8) is 0 Å². The lowest BCUT2D eigenvalue weighted by atomic mass is 9.95. The van der Waals surface area contributed by atoms with E-state index in [1.807, 2.05) is 18.2 Å². The van der Waals surface area contributed by atoms with E-state index >= 15 is 0 Å². The van der Waals surface area contributed by atoms with Crippen molar-refractivity contribution in [3.05, 3.63) is 58.6 Å². The van der Waals surface area contributed by atoms with Crippen LogP contribution in [0.3, 0.4) is 0 Å². The number of aryl methyl sites for hydroxylation is 1. The number of rotatable bonds is 7. The van der Waals surface area contributed by atoms with Gasteiger partial charge in [-0.1, -0.05) is 29.4 Å². The molecule has 150 valence electrons. The standard InChI is InChI=1S/C19H21ClF3NOS.ClH/c1-18(24,12-25)10-2-3-13-4-7-16(11-17(13)20)26-15-8-5-14(6-9-15)19(21,22)23;/h4-9,11,25H,2-3,10,12,24H2,1H3;1H. The molecule has 0 radical (unpaired) electrons. The fraction of sp³-hybridized carbons (Fsp3) is 0.368. The fourth-order valence-electron chi connectivity index (χ4n) is 2.40. The van der Waals surface area contributed by atoms with Crippen LogP contribution in [0, 0.1) is 0 Å². The van der Waals surface area contributed by atoms with Crippen LogP contribution < -0.4 is 5.73 Å². The number of halogens is 5. The quantitative estimate of drug-likeness (QED) is 0.558. The van der Waals surface area contributed by atoms with Crippen LogP contribution in [0.15, 0.2) is 52.3 Å². The van der Waals surface area contributed by atoms with E-state index in [-0.39, 0.29) is 19.0 Å². The molecule has 0 amide bonds. The summed E-state index contributed by atoms with van der Waals surface area (Å²) < 4.78 is 37.8. The minimum Gasteiger partial charge on any atom is -0.394 e. The summed E-state index contributed by atoms with van der Waals surface area (Å²) in [5.74, 6) is 0. The first kappa shape index (κ1) is 24.1. The summed E-state index contributed by atoms with van der Waals surface area (Å²) >= 11 is 7.68. The molecule has 0 fully saturated rings. The van der Waals surface area contributed by atoms with Gasteiger partial charge < -0.3 is 10.8 Å². The topological polar surface area (TPSA) is 46.2 Å². The van der Waals surface area contributed by atoms with Crippen molar-refractivity contribution in [2.24, 2.45) is 5.73 Å². The number of benzene rings is 2. The second-order valence-corrected chi connectivity index (χ2v) is 8.10. The van der Waals surface area contributed by atoms with Gasteiger partial charge in [0.25, 0.3) is 0 Å². The Morgan fingerprint density at radius 3 is 2.19 bits per heavy atom. The van der Waals surface area contributed by atoms with E-state index in [9.17, 15) is 13.2 Å². The zero-order chi connectivity index (χ0) is 19.4. The third-order valence-electron chi connectivity index (χ3n) is 4.00. The Balaban J connectivity index is 0.00000364. The molecule has 0 aromatic heterocycles. The molecular weight excluding hydrogens is 418 g/mol. The average molecular weight is 440 g/mol. The van der Waals surface area contributed by atoms with Gasteiger partial charge in [0.15, 0.2) is 0 Å². The third-order valence-corrected chi connectivity index (χ3v) is 5.35. The smallest absolute Gasteiger partial charge is 0.394 e. The summed E-state index contributed by atoms with van der Waals surface area (Å²) in [6.45, 7) is 1.74. The fourth-order valence-corrected chi connectivity index (χ4v) is 3.60. The highest BCUT2D eigenvalue weighted by atomic mass is 35.5. The number of hydrogen-bond acceptors (Lipinski definition) is 3. The lowest BCUT2D eigenvalue weighted by molar-refractivity contribution is -0.137. The number of nitrogens with two attached hydrogens (primary N) is 1. The summed E-state index contributed by atoms with van der Waals surface area (Å²) in [5, 5.41) is 9.78. The molecule has 2 aromatic rings. The molecule has 0 bridgehead atoms. The van der Waals surface area contributed by atoms with Gasteiger partial charge in [-0.25, -0.2) is 0 Å². The van der Waals surface area contributed by atoms with Gasteiger partial charge in [-0.05, 0) is 68.1 Å². The Morgan fingerprint density at radius 1 is 1.07 bits per heavy atom. The Morgan fingerprint density at radius 2 is 1.67 bits per heavy atom. The molecule has 0 heterocycles. The van der Waals surface area contributed by atoms with Crippen LogP contribution in [0.1, 0.15) is 30.9 Å². The highest BCUT2D eigenvalue weighted by Gasteiger charge is 2.29. The summed E-state index contributed by atoms with van der Waals surface area (Å²) in [6.07, 6.45) is -2.10. The van der Waals surface area contributed by atoms with Crippen LogP contribution in [-0.4, -0.2) is 17.3 Å². The minimum atomic E-state index is -4.33. The first-order chi connectivity index (χ1) is 12.1. The summed E-state index contributed by atoms with van der Waals surface area (Å²) in [6, 6.07) is 10.7. The van der Waals surface area contributed by atoms with Crippen LogP contribution in [0.25, 0.3) is 0 Å². The van der Waals surface area contributed by atoms with E-state index in [1.165, 1.54) is 23.9 Å². The first-order valence-corrected chi connectivity index (χ1v) is 9.33. The molecule has 0 aliphatic heterocycles. The van der Waals surface area contributed by atoms with Gasteiger partial charge in [-0.3, -0.25) is 0 Å². The Labute approximate surface area is 172 Å². The molecule has 1 atom stereocenters. The van der Waals surface area contributed by atoms with Crippen molar-refractivity contribution in [1.82, 2.24) is 0 Å². The van der Waals surface area contributed by atoms with E-state index in [4.69, 9.17) is 22.4 Å². The SMILES string of the molecule is CC(N)(CO)CCCc1ccc(Sc2ccc(C(F)(F)F)cc2)cc1Cl.Cl. The predicted molar refractivity (Wildman–Crippen MR) is 107 cm³/mol. The Kier molecular flexibility index (Phi) is 8.96. The van der Waals surface area contributed by atoms with E-state index in [0.29, 0.717) is 16.3 Å². The zero-order valence-corrected chi connectivity index (χ0v) is 17.1. The van der Waals surface area contributed by atoms with Gasteiger partial charge >= 0.3 is 6.18 Å². The summed E-state index contributed by atoms with van der Waals surface area (Å²) in [5.41, 5.74) is 5.64. The highest BCUT2D eigenvalue weighted by molar-refractivity contribution is 7.99. The normalized spacial score (nSPS) is 13.7. The van der Waals surface area contributed by atoms with Crippen molar-refractivity contribution in [2.75, 3.05) is 6.61 Å². The molecule has 0 saturated carbocycles. The monoisotopic (exact) mass is 439 g/mol. The van der Waals surface area contributed by atoms with E-state index < -0.39 is 17.3 Å². The van der Waals surface area contributed by atoms with Crippen LogP contribution in [0.5, 0.6) is 0 Å². The molecule has 1 unspecified atom stereocenters. The lowest BCUT2D eigenvalue weighted by Gasteiger charge is -2.21. The summed E-state index contributed by atoms with van der Waals surface area (Å²) in [7, 11) is 0. The lowest BCUT2D eigenvalue weighted by Crippen LogP contribution is -2.40. The van der Waals surface area contributed by atoms with Gasteiger partial charge in [0.1, 0.15) is 0 Å². The zero-order valence-electron chi connectivity index (χ0n) is 14.7. The predicted octanol–water partition coefficient (Wildman–Crippen LogP) is 5.96. The van der Waals surface area contributed by atoms with Crippen LogP contribution >= 0.6 is 35.8 Å². The average Bonchev–Trinajstić information content (AvgIpc) is 2.56. The largest absolute Gasteiger partial charge is 0.416 e. The van der Waals surface area contributed by atoms with Crippen LogP contribution in [-0.2, 0) is 12.6 Å². The van der Waals surface area contributed by atoms with Gasteiger partial charge in [-0.15, -0.1) is 12.4 Å². The Bertz CT molecular complexity index is 737. The Hall–Kier alpha value is -0.920. The van der Waals surface area contributed by atoms with Gasteiger partial charge in [-0.2, -0.15) is 13.2 Å². The highest BCUT2D eigenvalue weighted by Crippen LogP contribution is 2.34. The number of aliphatic hydroxyl groups is 1. The molecule has 2 rings (SSSR count). The molecule has 2 nitrogen and oxygen atoms in total. The second-order valence-electron chi connectivity index (χ2n) is 6.54. The van der Waals surface area contributed by atoms with E-state index in [1.54, 1.807) is 6.92 Å². The van der Waals surface area contributed by atoms with Crippen molar-refractivity contribution in [1.29, 1.82) is 0 Å². The minimum absolute atomic E-state index is 0. The number of aliphatic hydroxyl groups excluding tert-OH is 1. The number of alkyl halides is 3. The molecule has 8 heteroatoms. The van der Waals surface area contributed by atoms with Gasteiger partial charge in [0.05, 0.1) is 12.2 Å². The number of hydrogen-bond donors (Lipinski definition) is 2. The van der Waals surface area contributed by atoms with Crippen LogP contribution in [0.2, 0.25) is 5.02 Å². The van der Waals surface area contributed by atoms with Gasteiger partial charge in [0.2, 0.25) is 0 Å². The first-order valence-electron chi connectivity index (χ1n) is 8.14. The molecule has 2 aromatic carbocycles. The van der Waals surface area contributed by atoms with Crippen molar-refractivity contribution in [3.8, 4) is 0 Å². The maximum Gasteiger partial charge on any atom is 0.416 e. The van der Waals surface area contributed by atoms with Crippen molar-refractivity contribution < 1.29 is 18.3 Å². The molecule has 0 spiro atoms. The summed E-state index contributed by atoms with van der Waals surface area (Å²) in [4.78, 5) is 1.57. The van der Waals surface area contributed by atoms with Crippen LogP contribution in [0.4, 0.5) is 13.2 Å². The van der Waals surface area contributed by atoms with E-state index in [0.717, 1.165) is 35.4 Å². The molecular formula is C19H22Cl2F3NOS. The molecule has 0 aliphatic rings. The molecule has 0 saturated heterocycles. The molecule has 27 heavy (non-hydrogen) atoms. The van der Waals surface area contributed by atoms with Gasteiger partial charge in [0, 0.05) is 20.4 Å². The van der Waals surface area contributed by atoms with E-state index in [2.05, 4.69) is 0 Å². The maximum atomic E-state index is 12.6.